The third kappa shape index (κ3) is 7.03. The molecule has 0 aromatic heterocycles. The first-order valence-electron chi connectivity index (χ1n) is 14.2. The van der Waals surface area contributed by atoms with Gasteiger partial charge in [-0.05, 0) is 94.8 Å². The van der Waals surface area contributed by atoms with Gasteiger partial charge in [0, 0.05) is 0 Å². The summed E-state index contributed by atoms with van der Waals surface area (Å²) in [4.78, 5) is 0. The van der Waals surface area contributed by atoms with Gasteiger partial charge in [0.15, 0.2) is 17.5 Å². The number of benzene rings is 5. The molecule has 5 aromatic carbocycles. The van der Waals surface area contributed by atoms with Gasteiger partial charge < -0.3 is 4.74 Å². The minimum Gasteiger partial charge on any atom is -0.429 e. The largest absolute Gasteiger partial charge is 0.429 e. The second-order valence-electron chi connectivity index (χ2n) is 10.6. The molecule has 0 amide bonds. The van der Waals surface area contributed by atoms with E-state index in [2.05, 4.69) is 6.92 Å². The number of aryl methyl sites for hydroxylation is 1. The first-order chi connectivity index (χ1) is 21.5. The van der Waals surface area contributed by atoms with Gasteiger partial charge in [0.05, 0.1) is 11.1 Å². The molecule has 45 heavy (non-hydrogen) atoms. The standard InChI is InChI=1S/C36H26F8O/c1-2-3-4-5-21-6-8-22(9-7-21)24-12-15-28(29(37)16-24)36(43,44)45-27-13-10-23(11-14-27)25-17-30(38)34(31(39)18-25)26-19-32(40)35(42)33(41)20-26/h6-20H,2-5H2,1H3. The maximum absolute atomic E-state index is 15.0. The van der Waals surface area contributed by atoms with E-state index in [1.807, 2.05) is 24.3 Å². The Morgan fingerprint density at radius 1 is 0.533 bits per heavy atom. The van der Waals surface area contributed by atoms with E-state index < -0.39 is 57.7 Å². The van der Waals surface area contributed by atoms with Crippen molar-refractivity contribution < 1.29 is 39.9 Å². The maximum atomic E-state index is 15.0. The molecule has 5 aromatic rings. The van der Waals surface area contributed by atoms with Gasteiger partial charge in [-0.2, -0.15) is 8.78 Å². The zero-order chi connectivity index (χ0) is 32.3. The lowest BCUT2D eigenvalue weighted by Gasteiger charge is -2.19. The van der Waals surface area contributed by atoms with Crippen LogP contribution in [0, 0.1) is 34.9 Å². The molecule has 0 saturated carbocycles. The van der Waals surface area contributed by atoms with Crippen LogP contribution >= 0.6 is 0 Å². The fraction of sp³-hybridized carbons (Fsp3) is 0.167. The summed E-state index contributed by atoms with van der Waals surface area (Å²) >= 11 is 0. The zero-order valence-electron chi connectivity index (χ0n) is 23.9. The molecule has 0 aliphatic rings. The van der Waals surface area contributed by atoms with Crippen LogP contribution < -0.4 is 4.74 Å². The molecule has 0 bridgehead atoms. The van der Waals surface area contributed by atoms with E-state index in [4.69, 9.17) is 4.74 Å². The first kappa shape index (κ1) is 31.8. The fourth-order valence-electron chi connectivity index (χ4n) is 5.01. The Morgan fingerprint density at radius 2 is 1.04 bits per heavy atom. The van der Waals surface area contributed by atoms with Crippen LogP contribution in [0.25, 0.3) is 33.4 Å². The van der Waals surface area contributed by atoms with E-state index in [0.29, 0.717) is 23.3 Å². The second kappa shape index (κ2) is 13.1. The molecule has 0 aliphatic carbocycles. The highest BCUT2D eigenvalue weighted by Gasteiger charge is 2.37. The molecule has 0 atom stereocenters. The molecule has 0 N–H and O–H groups in total. The predicted octanol–water partition coefficient (Wildman–Crippen LogP) is 11.4. The summed E-state index contributed by atoms with van der Waals surface area (Å²) in [5.74, 6) is -8.89. The molecule has 0 spiro atoms. The van der Waals surface area contributed by atoms with Crippen molar-refractivity contribution in [1.29, 1.82) is 0 Å². The summed E-state index contributed by atoms with van der Waals surface area (Å²) in [5, 5.41) is 0. The molecule has 232 valence electrons. The topological polar surface area (TPSA) is 9.23 Å². The maximum Gasteiger partial charge on any atom is 0.429 e. The molecule has 0 saturated heterocycles. The van der Waals surface area contributed by atoms with Gasteiger partial charge in [0.1, 0.15) is 23.2 Å². The van der Waals surface area contributed by atoms with E-state index in [1.54, 1.807) is 0 Å². The van der Waals surface area contributed by atoms with Crippen LogP contribution in [-0.4, -0.2) is 0 Å². The quantitative estimate of drug-likeness (QED) is 0.0852. The number of hydrogen-bond acceptors (Lipinski definition) is 1. The lowest BCUT2D eigenvalue weighted by molar-refractivity contribution is -0.187. The minimum absolute atomic E-state index is 0.0225. The van der Waals surface area contributed by atoms with Crippen molar-refractivity contribution in [2.75, 3.05) is 0 Å². The van der Waals surface area contributed by atoms with Gasteiger partial charge in [-0.1, -0.05) is 62.2 Å². The van der Waals surface area contributed by atoms with Crippen molar-refractivity contribution in [3.8, 4) is 39.1 Å². The fourth-order valence-corrected chi connectivity index (χ4v) is 5.01. The molecular formula is C36H26F8O. The molecule has 0 unspecified atom stereocenters. The number of alkyl halides is 2. The highest BCUT2D eigenvalue weighted by Crippen LogP contribution is 2.37. The van der Waals surface area contributed by atoms with Crippen molar-refractivity contribution in [2.24, 2.45) is 0 Å². The van der Waals surface area contributed by atoms with E-state index in [9.17, 15) is 26.3 Å². The van der Waals surface area contributed by atoms with Crippen molar-refractivity contribution in [3.05, 3.63) is 137 Å². The number of halogens is 8. The molecule has 0 fully saturated rings. The lowest BCUT2D eigenvalue weighted by atomic mass is 9.98. The van der Waals surface area contributed by atoms with Crippen molar-refractivity contribution in [3.63, 3.8) is 0 Å². The Kier molecular flexibility index (Phi) is 9.27. The van der Waals surface area contributed by atoms with Crippen LogP contribution in [0.3, 0.4) is 0 Å². The van der Waals surface area contributed by atoms with Crippen LogP contribution in [0.1, 0.15) is 37.3 Å². The Hall–Kier alpha value is -4.66. The van der Waals surface area contributed by atoms with E-state index in [1.165, 1.54) is 18.2 Å². The second-order valence-corrected chi connectivity index (χ2v) is 10.6. The average molecular weight is 627 g/mol. The average Bonchev–Trinajstić information content (AvgIpc) is 3.00. The first-order valence-corrected chi connectivity index (χ1v) is 14.2. The van der Waals surface area contributed by atoms with Crippen LogP contribution in [-0.2, 0) is 12.5 Å². The predicted molar refractivity (Wildman–Crippen MR) is 157 cm³/mol. The Morgan fingerprint density at radius 3 is 1.62 bits per heavy atom. The van der Waals surface area contributed by atoms with Gasteiger partial charge in [0.25, 0.3) is 0 Å². The van der Waals surface area contributed by atoms with E-state index >= 15 is 8.78 Å². The summed E-state index contributed by atoms with van der Waals surface area (Å²) in [7, 11) is 0. The molecule has 0 heterocycles. The summed E-state index contributed by atoms with van der Waals surface area (Å²) in [6, 6.07) is 18.3. The third-order valence-electron chi connectivity index (χ3n) is 7.39. The lowest BCUT2D eigenvalue weighted by Crippen LogP contribution is -2.23. The molecule has 5 rings (SSSR count). The Bertz CT molecular complexity index is 1770. The number of unbranched alkanes of at least 4 members (excludes halogenated alkanes) is 2. The smallest absolute Gasteiger partial charge is 0.429 e. The molecule has 0 aliphatic heterocycles. The summed E-state index contributed by atoms with van der Waals surface area (Å²) in [5.41, 5.74) is 0.123. The summed E-state index contributed by atoms with van der Waals surface area (Å²) < 4.78 is 120. The van der Waals surface area contributed by atoms with Gasteiger partial charge >= 0.3 is 6.11 Å². The monoisotopic (exact) mass is 626 g/mol. The molecule has 9 heteroatoms. The number of rotatable bonds is 10. The summed E-state index contributed by atoms with van der Waals surface area (Å²) in [6.45, 7) is 2.12. The van der Waals surface area contributed by atoms with Crippen molar-refractivity contribution >= 4 is 0 Å². The highest BCUT2D eigenvalue weighted by atomic mass is 19.3. The van der Waals surface area contributed by atoms with Crippen LogP contribution in [0.5, 0.6) is 5.75 Å². The van der Waals surface area contributed by atoms with Crippen LogP contribution in [0.4, 0.5) is 35.1 Å². The van der Waals surface area contributed by atoms with Gasteiger partial charge in [0.2, 0.25) is 0 Å². The van der Waals surface area contributed by atoms with Crippen LogP contribution in [0.2, 0.25) is 0 Å². The molecule has 1 nitrogen and oxygen atoms in total. The van der Waals surface area contributed by atoms with E-state index in [-0.39, 0.29) is 16.9 Å². The van der Waals surface area contributed by atoms with Gasteiger partial charge in [-0.25, -0.2) is 26.3 Å². The third-order valence-corrected chi connectivity index (χ3v) is 7.39. The van der Waals surface area contributed by atoms with Crippen LogP contribution in [0.15, 0.2) is 91.0 Å². The van der Waals surface area contributed by atoms with Crippen molar-refractivity contribution in [2.45, 2.75) is 38.7 Å². The summed E-state index contributed by atoms with van der Waals surface area (Å²) in [6.07, 6.45) is 0.168. The number of ether oxygens (including phenoxy) is 1. The zero-order valence-corrected chi connectivity index (χ0v) is 23.9. The van der Waals surface area contributed by atoms with Crippen molar-refractivity contribution in [1.82, 2.24) is 0 Å². The van der Waals surface area contributed by atoms with Gasteiger partial charge in [-0.15, -0.1) is 0 Å². The highest BCUT2D eigenvalue weighted by molar-refractivity contribution is 5.72. The Balaban J connectivity index is 1.31. The molecule has 0 radical (unpaired) electrons. The van der Waals surface area contributed by atoms with Gasteiger partial charge in [-0.3, -0.25) is 0 Å². The molecular weight excluding hydrogens is 600 g/mol. The minimum atomic E-state index is -4.05. The normalized spacial score (nSPS) is 11.6. The SMILES string of the molecule is CCCCCc1ccc(-c2ccc(C(F)(F)Oc3ccc(-c4cc(F)c(-c5cc(F)c(F)c(F)c5)c(F)c4)cc3)c(F)c2)cc1. The number of hydrogen-bond donors (Lipinski definition) is 0. The Labute approximate surface area is 254 Å². The van der Waals surface area contributed by atoms with E-state index in [0.717, 1.165) is 67.6 Å².